The van der Waals surface area contributed by atoms with Crippen molar-refractivity contribution >= 4 is 11.6 Å². The summed E-state index contributed by atoms with van der Waals surface area (Å²) in [6.45, 7) is 2.59. The van der Waals surface area contributed by atoms with Crippen LogP contribution in [0.15, 0.2) is 18.2 Å². The molecule has 2 N–H and O–H groups in total. The second-order valence-corrected chi connectivity index (χ2v) is 5.21. The number of aliphatic hydroxyl groups is 1. The van der Waals surface area contributed by atoms with Gasteiger partial charge in [-0.3, -0.25) is 4.79 Å². The second-order valence-electron chi connectivity index (χ2n) is 5.21. The standard InChI is InChI=1S/C17H21NO3/c1-13-6-7-14(4-2-10-19)12-16(13)18-17(20)9-8-15-5-3-11-21-15/h6-7,12,15,19H,3,5,8-11H2,1H3,(H,18,20). The van der Waals surface area contributed by atoms with Crippen LogP contribution in [-0.4, -0.2) is 30.3 Å². The lowest BCUT2D eigenvalue weighted by Gasteiger charge is -2.11. The minimum atomic E-state index is -0.170. The Balaban J connectivity index is 1.92. The predicted molar refractivity (Wildman–Crippen MR) is 82.0 cm³/mol. The first-order valence-corrected chi connectivity index (χ1v) is 7.31. The molecule has 1 amide bonds. The number of ether oxygens (including phenoxy) is 1. The lowest BCUT2D eigenvalue weighted by atomic mass is 10.1. The summed E-state index contributed by atoms with van der Waals surface area (Å²) >= 11 is 0. The largest absolute Gasteiger partial charge is 0.384 e. The molecule has 1 fully saturated rings. The molecule has 1 saturated heterocycles. The van der Waals surface area contributed by atoms with Gasteiger partial charge in [0.05, 0.1) is 6.10 Å². The van der Waals surface area contributed by atoms with Crippen LogP contribution in [0.25, 0.3) is 0 Å². The van der Waals surface area contributed by atoms with Crippen molar-refractivity contribution in [3.63, 3.8) is 0 Å². The molecule has 112 valence electrons. The molecule has 1 aromatic carbocycles. The van der Waals surface area contributed by atoms with E-state index in [2.05, 4.69) is 17.2 Å². The highest BCUT2D eigenvalue weighted by molar-refractivity contribution is 5.91. The molecule has 1 heterocycles. The minimum Gasteiger partial charge on any atom is -0.384 e. The molecule has 1 aliphatic heterocycles. The van der Waals surface area contributed by atoms with Crippen LogP contribution < -0.4 is 5.32 Å². The monoisotopic (exact) mass is 287 g/mol. The topological polar surface area (TPSA) is 58.6 Å². The highest BCUT2D eigenvalue weighted by Gasteiger charge is 2.16. The molecular weight excluding hydrogens is 266 g/mol. The van der Waals surface area contributed by atoms with E-state index in [0.29, 0.717) is 6.42 Å². The summed E-state index contributed by atoms with van der Waals surface area (Å²) < 4.78 is 5.52. The molecule has 0 aliphatic carbocycles. The Morgan fingerprint density at radius 1 is 1.52 bits per heavy atom. The van der Waals surface area contributed by atoms with Gasteiger partial charge in [-0.05, 0) is 43.9 Å². The molecule has 0 spiro atoms. The number of aliphatic hydroxyl groups excluding tert-OH is 1. The van der Waals surface area contributed by atoms with Gasteiger partial charge in [-0.25, -0.2) is 0 Å². The molecule has 2 rings (SSSR count). The zero-order valence-corrected chi connectivity index (χ0v) is 12.3. The fraction of sp³-hybridized carbons (Fsp3) is 0.471. The third-order valence-corrected chi connectivity index (χ3v) is 3.54. The maximum absolute atomic E-state index is 12.0. The molecule has 1 aromatic rings. The van der Waals surface area contributed by atoms with Crippen molar-refractivity contribution in [1.29, 1.82) is 0 Å². The lowest BCUT2D eigenvalue weighted by molar-refractivity contribution is -0.116. The van der Waals surface area contributed by atoms with E-state index >= 15 is 0 Å². The molecule has 0 radical (unpaired) electrons. The van der Waals surface area contributed by atoms with E-state index in [4.69, 9.17) is 9.84 Å². The number of hydrogen-bond acceptors (Lipinski definition) is 3. The first-order chi connectivity index (χ1) is 10.2. The molecule has 4 nitrogen and oxygen atoms in total. The van der Waals surface area contributed by atoms with E-state index in [1.807, 2.05) is 25.1 Å². The van der Waals surface area contributed by atoms with Gasteiger partial charge in [0.15, 0.2) is 0 Å². The number of nitrogens with one attached hydrogen (secondary N) is 1. The number of rotatable bonds is 4. The smallest absolute Gasteiger partial charge is 0.224 e. The van der Waals surface area contributed by atoms with Gasteiger partial charge in [-0.15, -0.1) is 0 Å². The van der Waals surface area contributed by atoms with Crippen LogP contribution in [0.3, 0.4) is 0 Å². The van der Waals surface area contributed by atoms with Crippen LogP contribution in [0, 0.1) is 18.8 Å². The van der Waals surface area contributed by atoms with Gasteiger partial charge in [0.1, 0.15) is 6.61 Å². The SMILES string of the molecule is Cc1ccc(C#CCO)cc1NC(=O)CCC1CCCO1. The maximum atomic E-state index is 12.0. The van der Waals surface area contributed by atoms with Gasteiger partial charge in [0, 0.05) is 24.3 Å². The van der Waals surface area contributed by atoms with Crippen molar-refractivity contribution in [3.05, 3.63) is 29.3 Å². The molecule has 1 atom stereocenters. The average molecular weight is 287 g/mol. The van der Waals surface area contributed by atoms with Crippen LogP contribution in [-0.2, 0) is 9.53 Å². The van der Waals surface area contributed by atoms with E-state index in [1.54, 1.807) is 0 Å². The van der Waals surface area contributed by atoms with Crippen LogP contribution in [0.5, 0.6) is 0 Å². The molecule has 0 aromatic heterocycles. The third kappa shape index (κ3) is 4.89. The number of amides is 1. The molecule has 1 unspecified atom stereocenters. The van der Waals surface area contributed by atoms with Crippen molar-refractivity contribution in [1.82, 2.24) is 0 Å². The molecule has 21 heavy (non-hydrogen) atoms. The predicted octanol–water partition coefficient (Wildman–Crippen LogP) is 2.24. The number of carbonyl (C=O) groups excluding carboxylic acids is 1. The van der Waals surface area contributed by atoms with Gasteiger partial charge in [-0.2, -0.15) is 0 Å². The number of benzene rings is 1. The van der Waals surface area contributed by atoms with Crippen LogP contribution in [0.4, 0.5) is 5.69 Å². The van der Waals surface area contributed by atoms with E-state index in [0.717, 1.165) is 42.7 Å². The first-order valence-electron chi connectivity index (χ1n) is 7.31. The fourth-order valence-electron chi connectivity index (χ4n) is 2.35. The second kappa shape index (κ2) is 7.82. The van der Waals surface area contributed by atoms with Gasteiger partial charge >= 0.3 is 0 Å². The van der Waals surface area contributed by atoms with E-state index in [1.165, 1.54) is 0 Å². The summed E-state index contributed by atoms with van der Waals surface area (Å²) in [5, 5.41) is 11.6. The van der Waals surface area contributed by atoms with Crippen molar-refractivity contribution < 1.29 is 14.6 Å². The van der Waals surface area contributed by atoms with Gasteiger partial charge in [0.2, 0.25) is 5.91 Å². The van der Waals surface area contributed by atoms with Gasteiger partial charge in [0.25, 0.3) is 0 Å². The number of carbonyl (C=O) groups is 1. The minimum absolute atomic E-state index is 0.000803. The van der Waals surface area contributed by atoms with Crippen molar-refractivity contribution in [3.8, 4) is 11.8 Å². The quantitative estimate of drug-likeness (QED) is 0.835. The highest BCUT2D eigenvalue weighted by Crippen LogP contribution is 2.19. The maximum Gasteiger partial charge on any atom is 0.224 e. The summed E-state index contributed by atoms with van der Waals surface area (Å²) in [6.07, 6.45) is 3.62. The Hall–Kier alpha value is -1.83. The third-order valence-electron chi connectivity index (χ3n) is 3.54. The van der Waals surface area contributed by atoms with Crippen molar-refractivity contribution in [2.24, 2.45) is 0 Å². The van der Waals surface area contributed by atoms with Crippen LogP contribution >= 0.6 is 0 Å². The zero-order chi connectivity index (χ0) is 15.1. The molecule has 1 aliphatic rings. The summed E-state index contributed by atoms with van der Waals surface area (Å²) in [6, 6.07) is 5.62. The zero-order valence-electron chi connectivity index (χ0n) is 12.3. The van der Waals surface area contributed by atoms with Crippen molar-refractivity contribution in [2.45, 2.75) is 38.7 Å². The van der Waals surface area contributed by atoms with Gasteiger partial charge < -0.3 is 15.2 Å². The molecular formula is C17H21NO3. The van der Waals surface area contributed by atoms with E-state index in [-0.39, 0.29) is 18.6 Å². The summed E-state index contributed by atoms with van der Waals surface area (Å²) in [7, 11) is 0. The number of anilines is 1. The number of aryl methyl sites for hydroxylation is 1. The molecule has 4 heteroatoms. The van der Waals surface area contributed by atoms with Crippen LogP contribution in [0.2, 0.25) is 0 Å². The summed E-state index contributed by atoms with van der Waals surface area (Å²) in [4.78, 5) is 12.0. The Morgan fingerprint density at radius 3 is 3.10 bits per heavy atom. The molecule has 0 bridgehead atoms. The average Bonchev–Trinajstić information content (AvgIpc) is 2.99. The highest BCUT2D eigenvalue weighted by atomic mass is 16.5. The van der Waals surface area contributed by atoms with Crippen molar-refractivity contribution in [2.75, 3.05) is 18.5 Å². The Kier molecular flexibility index (Phi) is 5.79. The molecule has 0 saturated carbocycles. The Bertz CT molecular complexity index is 551. The Morgan fingerprint density at radius 2 is 2.38 bits per heavy atom. The number of hydrogen-bond donors (Lipinski definition) is 2. The van der Waals surface area contributed by atoms with Crippen LogP contribution in [0.1, 0.15) is 36.8 Å². The van der Waals surface area contributed by atoms with Gasteiger partial charge in [-0.1, -0.05) is 17.9 Å². The van der Waals surface area contributed by atoms with E-state index in [9.17, 15) is 4.79 Å². The van der Waals surface area contributed by atoms with E-state index < -0.39 is 0 Å². The first kappa shape index (κ1) is 15.6. The fourth-order valence-corrected chi connectivity index (χ4v) is 2.35. The summed E-state index contributed by atoms with van der Waals surface area (Å²) in [5.41, 5.74) is 2.55. The normalized spacial score (nSPS) is 17.1. The summed E-state index contributed by atoms with van der Waals surface area (Å²) in [5.74, 6) is 5.44. The lowest BCUT2D eigenvalue weighted by Crippen LogP contribution is -2.15. The Labute approximate surface area is 125 Å².